The van der Waals surface area contributed by atoms with E-state index in [1.165, 1.54) is 10.5 Å². The molecule has 0 spiro atoms. The van der Waals surface area contributed by atoms with Crippen LogP contribution in [0.3, 0.4) is 0 Å². The summed E-state index contributed by atoms with van der Waals surface area (Å²) in [6.07, 6.45) is 5.21. The first-order chi connectivity index (χ1) is 14.5. The number of allylic oxidation sites excluding steroid dienone is 2. The first kappa shape index (κ1) is 20.6. The third-order valence-electron chi connectivity index (χ3n) is 6.68. The van der Waals surface area contributed by atoms with Crippen molar-refractivity contribution in [2.45, 2.75) is 12.5 Å². The molecule has 30 heavy (non-hydrogen) atoms. The van der Waals surface area contributed by atoms with Crippen LogP contribution in [-0.2, 0) is 9.59 Å². The molecule has 2 bridgehead atoms. The molecule has 5 unspecified atom stereocenters. The summed E-state index contributed by atoms with van der Waals surface area (Å²) in [6.45, 7) is 1.55. The van der Waals surface area contributed by atoms with Gasteiger partial charge in [0.2, 0.25) is 11.8 Å². The summed E-state index contributed by atoms with van der Waals surface area (Å²) < 4.78 is 0. The molecule has 7 heteroatoms. The fourth-order valence-electron chi connectivity index (χ4n) is 5.16. The zero-order valence-electron chi connectivity index (χ0n) is 17.9. The maximum absolute atomic E-state index is 12.8. The Morgan fingerprint density at radius 3 is 2.30 bits per heavy atom. The smallest absolute Gasteiger partial charge is 0.233 e. The Kier molecular flexibility index (Phi) is 5.90. The van der Waals surface area contributed by atoms with Crippen molar-refractivity contribution in [3.63, 3.8) is 0 Å². The van der Waals surface area contributed by atoms with Crippen LogP contribution in [-0.4, -0.2) is 68.4 Å². The number of imide groups is 1. The molecule has 7 nitrogen and oxygen atoms in total. The minimum Gasteiger partial charge on any atom is -0.355 e. The maximum atomic E-state index is 12.8. The van der Waals surface area contributed by atoms with E-state index < -0.39 is 0 Å². The highest BCUT2D eigenvalue weighted by Crippen LogP contribution is 2.52. The molecule has 4 rings (SSSR count). The van der Waals surface area contributed by atoms with E-state index in [1.807, 2.05) is 18.2 Å². The SMILES string of the molecule is CN=C(NCCN1C(=O)C2C3C=CC(C3)C2C1=O)NCC(c1ccccc1)N(C)C. The first-order valence-corrected chi connectivity index (χ1v) is 10.7. The van der Waals surface area contributed by atoms with E-state index in [-0.39, 0.29) is 41.5 Å². The van der Waals surface area contributed by atoms with Gasteiger partial charge in [0.25, 0.3) is 0 Å². The Morgan fingerprint density at radius 1 is 1.10 bits per heavy atom. The topological polar surface area (TPSA) is 77.0 Å². The third-order valence-corrected chi connectivity index (χ3v) is 6.68. The van der Waals surface area contributed by atoms with Crippen molar-refractivity contribution in [3.05, 3.63) is 48.0 Å². The van der Waals surface area contributed by atoms with Crippen LogP contribution >= 0.6 is 0 Å². The molecule has 0 radical (unpaired) electrons. The number of nitrogens with zero attached hydrogens (tertiary/aromatic N) is 3. The Morgan fingerprint density at radius 2 is 1.73 bits per heavy atom. The molecular weight excluding hydrogens is 378 g/mol. The second-order valence-corrected chi connectivity index (χ2v) is 8.60. The van der Waals surface area contributed by atoms with Crippen LogP contribution in [0, 0.1) is 23.7 Å². The zero-order valence-corrected chi connectivity index (χ0v) is 17.9. The monoisotopic (exact) mass is 409 g/mol. The molecule has 0 aromatic heterocycles. The lowest BCUT2D eigenvalue weighted by Crippen LogP contribution is -2.45. The molecule has 1 saturated heterocycles. The second-order valence-electron chi connectivity index (χ2n) is 8.60. The quantitative estimate of drug-likeness (QED) is 0.307. The van der Waals surface area contributed by atoms with Crippen LogP contribution in [0.1, 0.15) is 18.0 Å². The number of fused-ring (bicyclic) bond motifs is 5. The minimum atomic E-state index is -0.128. The van der Waals surface area contributed by atoms with Crippen molar-refractivity contribution in [2.24, 2.45) is 28.7 Å². The Hall–Kier alpha value is -2.67. The molecule has 1 saturated carbocycles. The van der Waals surface area contributed by atoms with Gasteiger partial charge < -0.3 is 15.5 Å². The van der Waals surface area contributed by atoms with Gasteiger partial charge in [0.1, 0.15) is 0 Å². The first-order valence-electron chi connectivity index (χ1n) is 10.7. The van der Waals surface area contributed by atoms with Crippen LogP contribution in [0.4, 0.5) is 0 Å². The van der Waals surface area contributed by atoms with Crippen LogP contribution < -0.4 is 10.6 Å². The standard InChI is InChI=1S/C23H31N5O2/c1-24-23(26-14-18(27(2)3)15-7-5-4-6-8-15)25-11-12-28-21(29)19-16-9-10-17(13-16)20(19)22(28)30/h4-10,16-20H,11-14H2,1-3H3,(H2,24,25,26). The summed E-state index contributed by atoms with van der Waals surface area (Å²) >= 11 is 0. The molecule has 2 amide bonds. The Bertz CT molecular complexity index is 820. The molecule has 3 aliphatic rings. The molecular formula is C23H31N5O2. The van der Waals surface area contributed by atoms with Gasteiger partial charge in [0.15, 0.2) is 5.96 Å². The molecule has 1 aromatic carbocycles. The summed E-state index contributed by atoms with van der Waals surface area (Å²) in [6, 6.07) is 10.5. The van der Waals surface area contributed by atoms with Gasteiger partial charge in [-0.3, -0.25) is 19.5 Å². The Labute approximate surface area is 178 Å². The predicted octanol–water partition coefficient (Wildman–Crippen LogP) is 1.26. The van der Waals surface area contributed by atoms with Crippen LogP contribution in [0.25, 0.3) is 0 Å². The minimum absolute atomic E-state index is 0.00310. The number of carbonyl (C=O) groups excluding carboxylic acids is 2. The van der Waals surface area contributed by atoms with E-state index in [1.54, 1.807) is 7.05 Å². The van der Waals surface area contributed by atoms with E-state index in [0.29, 0.717) is 25.6 Å². The van der Waals surface area contributed by atoms with Gasteiger partial charge in [-0.05, 0) is 37.9 Å². The van der Waals surface area contributed by atoms with Gasteiger partial charge in [-0.1, -0.05) is 42.5 Å². The van der Waals surface area contributed by atoms with Gasteiger partial charge in [-0.2, -0.15) is 0 Å². The Balaban J connectivity index is 1.28. The van der Waals surface area contributed by atoms with Gasteiger partial charge in [-0.15, -0.1) is 0 Å². The fourth-order valence-corrected chi connectivity index (χ4v) is 5.16. The van der Waals surface area contributed by atoms with Crippen molar-refractivity contribution < 1.29 is 9.59 Å². The molecule has 5 atom stereocenters. The lowest BCUT2D eigenvalue weighted by molar-refractivity contribution is -0.140. The van der Waals surface area contributed by atoms with Crippen molar-refractivity contribution in [3.8, 4) is 0 Å². The highest BCUT2D eigenvalue weighted by Gasteiger charge is 2.58. The summed E-state index contributed by atoms with van der Waals surface area (Å²) in [4.78, 5) is 33.4. The average molecular weight is 410 g/mol. The van der Waals surface area contributed by atoms with Crippen molar-refractivity contribution in [1.29, 1.82) is 0 Å². The van der Waals surface area contributed by atoms with E-state index in [9.17, 15) is 9.59 Å². The van der Waals surface area contributed by atoms with Gasteiger partial charge in [0.05, 0.1) is 17.9 Å². The van der Waals surface area contributed by atoms with Crippen LogP contribution in [0.5, 0.6) is 0 Å². The van der Waals surface area contributed by atoms with Gasteiger partial charge in [-0.25, -0.2) is 0 Å². The lowest BCUT2D eigenvalue weighted by atomic mass is 9.85. The molecule has 1 heterocycles. The van der Waals surface area contributed by atoms with E-state index in [0.717, 1.165) is 6.42 Å². The van der Waals surface area contributed by atoms with E-state index in [2.05, 4.69) is 58.9 Å². The summed E-state index contributed by atoms with van der Waals surface area (Å²) in [5.74, 6) is 0.924. The summed E-state index contributed by atoms with van der Waals surface area (Å²) in [5, 5.41) is 6.61. The lowest BCUT2D eigenvalue weighted by Gasteiger charge is -2.26. The van der Waals surface area contributed by atoms with Crippen molar-refractivity contribution in [2.75, 3.05) is 40.8 Å². The molecule has 2 aliphatic carbocycles. The molecule has 2 fully saturated rings. The number of likely N-dealkylation sites (tertiary alicyclic amines) is 1. The number of carbonyl (C=O) groups is 2. The number of amides is 2. The second kappa shape index (κ2) is 8.60. The molecule has 1 aliphatic heterocycles. The van der Waals surface area contributed by atoms with E-state index in [4.69, 9.17) is 0 Å². The highest BCUT2D eigenvalue weighted by atomic mass is 16.2. The largest absolute Gasteiger partial charge is 0.355 e. The number of nitrogens with one attached hydrogen (secondary N) is 2. The predicted molar refractivity (Wildman–Crippen MR) is 117 cm³/mol. The van der Waals surface area contributed by atoms with Crippen molar-refractivity contribution >= 4 is 17.8 Å². The van der Waals surface area contributed by atoms with E-state index >= 15 is 0 Å². The normalized spacial score (nSPS) is 28.4. The molecule has 2 N–H and O–H groups in total. The maximum Gasteiger partial charge on any atom is 0.233 e. The number of hydrogen-bond acceptors (Lipinski definition) is 4. The molecule has 160 valence electrons. The number of likely N-dealkylation sites (N-methyl/N-ethyl adjacent to an activating group) is 1. The van der Waals surface area contributed by atoms with Crippen molar-refractivity contribution in [1.82, 2.24) is 20.4 Å². The van der Waals surface area contributed by atoms with Gasteiger partial charge >= 0.3 is 0 Å². The number of guanidine groups is 1. The fraction of sp³-hybridized carbons (Fsp3) is 0.522. The zero-order chi connectivity index (χ0) is 21.3. The van der Waals surface area contributed by atoms with Crippen LogP contribution in [0.15, 0.2) is 47.5 Å². The number of hydrogen-bond donors (Lipinski definition) is 2. The number of aliphatic imine (C=N–C) groups is 1. The van der Waals surface area contributed by atoms with Gasteiger partial charge in [0, 0.05) is 26.7 Å². The third kappa shape index (κ3) is 3.74. The summed E-state index contributed by atoms with van der Waals surface area (Å²) in [5.41, 5.74) is 1.23. The molecule has 1 aromatic rings. The average Bonchev–Trinajstić information content (AvgIpc) is 3.42. The highest BCUT2D eigenvalue weighted by molar-refractivity contribution is 6.06. The number of benzene rings is 1. The van der Waals surface area contributed by atoms with Crippen LogP contribution in [0.2, 0.25) is 0 Å². The number of rotatable bonds is 7. The summed E-state index contributed by atoms with van der Waals surface area (Å²) in [7, 11) is 5.83.